The van der Waals surface area contributed by atoms with E-state index in [1.54, 1.807) is 30.6 Å². The summed E-state index contributed by atoms with van der Waals surface area (Å²) in [6, 6.07) is 9.53. The number of carbonyl (C=O) groups excluding carboxylic acids is 1. The summed E-state index contributed by atoms with van der Waals surface area (Å²) in [5.41, 5.74) is 0.885. The molecule has 3 rings (SSSR count). The van der Waals surface area contributed by atoms with Gasteiger partial charge in [-0.1, -0.05) is 20.8 Å². The molecule has 1 fully saturated rings. The first-order valence-corrected chi connectivity index (χ1v) is 12.5. The molecule has 0 radical (unpaired) electrons. The largest absolute Gasteiger partial charge is 0.479 e. The van der Waals surface area contributed by atoms with Gasteiger partial charge in [0, 0.05) is 42.8 Å². The minimum atomic E-state index is -1.12. The maximum Gasteiger partial charge on any atom is 0.334 e. The van der Waals surface area contributed by atoms with Gasteiger partial charge in [-0.25, -0.2) is 14.8 Å². The fourth-order valence-corrected chi connectivity index (χ4v) is 4.83. The fraction of sp³-hybridized carbons (Fsp3) is 0.556. The van der Waals surface area contributed by atoms with Crippen molar-refractivity contribution < 1.29 is 19.4 Å². The van der Waals surface area contributed by atoms with Gasteiger partial charge in [-0.2, -0.15) is 0 Å². The van der Waals surface area contributed by atoms with Gasteiger partial charge in [-0.3, -0.25) is 4.79 Å². The second kappa shape index (κ2) is 11.7. The van der Waals surface area contributed by atoms with E-state index >= 15 is 0 Å². The van der Waals surface area contributed by atoms with E-state index in [2.05, 4.69) is 46.3 Å². The third-order valence-corrected chi connectivity index (χ3v) is 6.03. The summed E-state index contributed by atoms with van der Waals surface area (Å²) >= 11 is 0. The number of piperidine rings is 1. The molecule has 1 atom stereocenters. The van der Waals surface area contributed by atoms with Crippen LogP contribution in [0.3, 0.4) is 0 Å². The third kappa shape index (κ3) is 8.48. The molecule has 1 unspecified atom stereocenters. The normalized spacial score (nSPS) is 15.9. The van der Waals surface area contributed by atoms with Gasteiger partial charge >= 0.3 is 5.97 Å². The Bertz CT molecular complexity index is 997. The van der Waals surface area contributed by atoms with Crippen LogP contribution in [0.4, 0.5) is 11.6 Å². The van der Waals surface area contributed by atoms with Gasteiger partial charge in [-0.15, -0.1) is 0 Å². The van der Waals surface area contributed by atoms with Crippen LogP contribution in [0.5, 0.6) is 0 Å². The maximum atomic E-state index is 12.7. The molecular weight excluding hydrogens is 458 g/mol. The maximum absolute atomic E-state index is 12.7. The van der Waals surface area contributed by atoms with Crippen LogP contribution in [0.25, 0.3) is 0 Å². The molecule has 0 bridgehead atoms. The van der Waals surface area contributed by atoms with Gasteiger partial charge in [0.15, 0.2) is 6.10 Å². The fourth-order valence-electron chi connectivity index (χ4n) is 4.83. The molecule has 1 saturated heterocycles. The molecule has 0 aliphatic carbocycles. The number of nitrogens with one attached hydrogen (secondary N) is 2. The molecule has 1 aromatic carbocycles. The third-order valence-electron chi connectivity index (χ3n) is 6.03. The zero-order valence-corrected chi connectivity index (χ0v) is 22.0. The highest BCUT2D eigenvalue weighted by molar-refractivity contribution is 5.94. The molecule has 9 heteroatoms. The quantitative estimate of drug-likeness (QED) is 0.451. The van der Waals surface area contributed by atoms with Crippen molar-refractivity contribution in [3.05, 3.63) is 48.3 Å². The van der Waals surface area contributed by atoms with Crippen LogP contribution in [0, 0.1) is 5.41 Å². The number of rotatable bonds is 10. The van der Waals surface area contributed by atoms with Crippen molar-refractivity contribution in [2.45, 2.75) is 71.6 Å². The van der Waals surface area contributed by atoms with Crippen LogP contribution in [0.1, 0.15) is 64.2 Å². The Labute approximate surface area is 213 Å². The van der Waals surface area contributed by atoms with E-state index in [9.17, 15) is 14.7 Å². The van der Waals surface area contributed by atoms with Crippen LogP contribution < -0.4 is 15.5 Å². The van der Waals surface area contributed by atoms with Crippen molar-refractivity contribution in [1.82, 2.24) is 15.3 Å². The lowest BCUT2D eigenvalue weighted by molar-refractivity contribution is -0.163. The summed E-state index contributed by atoms with van der Waals surface area (Å²) in [4.78, 5) is 35.2. The number of nitrogens with zero attached hydrogens (tertiary/aromatic N) is 3. The number of carbonyl (C=O) groups is 2. The Morgan fingerprint density at radius 3 is 2.25 bits per heavy atom. The van der Waals surface area contributed by atoms with E-state index in [0.717, 1.165) is 31.6 Å². The number of hydrogen-bond donors (Lipinski definition) is 3. The standard InChI is InChI=1S/C27H39N5O4/c1-26(2,3)18-27(4,5)36-22(24(34)35)17-30-23(33)19-7-9-21(10-8-19)32-15-11-20(12-16-32)31-25-28-13-6-14-29-25/h6-10,13-14,20,22H,11-12,15-18H2,1-5H3,(H,30,33)(H,34,35)(H,28,29,31). The Hall–Kier alpha value is -3.20. The highest BCUT2D eigenvalue weighted by atomic mass is 16.5. The summed E-state index contributed by atoms with van der Waals surface area (Å²) in [6.45, 7) is 11.7. The second-order valence-corrected chi connectivity index (χ2v) is 11.2. The van der Waals surface area contributed by atoms with E-state index in [1.807, 2.05) is 26.0 Å². The number of aromatic nitrogens is 2. The van der Waals surface area contributed by atoms with Gasteiger partial charge in [0.25, 0.3) is 5.91 Å². The molecule has 1 amide bonds. The smallest absolute Gasteiger partial charge is 0.334 e. The van der Waals surface area contributed by atoms with Crippen molar-refractivity contribution in [2.75, 3.05) is 29.9 Å². The first kappa shape index (κ1) is 27.4. The minimum Gasteiger partial charge on any atom is -0.479 e. The van der Waals surface area contributed by atoms with Crippen molar-refractivity contribution >= 4 is 23.5 Å². The molecule has 1 aliphatic rings. The number of hydrogen-bond acceptors (Lipinski definition) is 7. The summed E-state index contributed by atoms with van der Waals surface area (Å²) in [5, 5.41) is 15.7. The predicted octanol–water partition coefficient (Wildman–Crippen LogP) is 3.97. The molecule has 2 aromatic rings. The number of anilines is 2. The summed E-state index contributed by atoms with van der Waals surface area (Å²) in [6.07, 6.45) is 4.94. The van der Waals surface area contributed by atoms with E-state index < -0.39 is 17.7 Å². The first-order chi connectivity index (χ1) is 16.9. The van der Waals surface area contributed by atoms with E-state index in [-0.39, 0.29) is 17.9 Å². The average molecular weight is 498 g/mol. The molecular formula is C27H39N5O4. The number of carboxylic acid groups (broad SMARTS) is 1. The molecule has 2 heterocycles. The summed E-state index contributed by atoms with van der Waals surface area (Å²) < 4.78 is 5.87. The molecule has 0 spiro atoms. The van der Waals surface area contributed by atoms with E-state index in [0.29, 0.717) is 24.0 Å². The average Bonchev–Trinajstić information content (AvgIpc) is 2.81. The Morgan fingerprint density at radius 1 is 1.08 bits per heavy atom. The highest BCUT2D eigenvalue weighted by Gasteiger charge is 2.32. The van der Waals surface area contributed by atoms with Gasteiger partial charge in [-0.05, 0) is 68.9 Å². The van der Waals surface area contributed by atoms with Crippen molar-refractivity contribution in [3.8, 4) is 0 Å². The Kier molecular flexibility index (Phi) is 8.89. The first-order valence-electron chi connectivity index (χ1n) is 12.5. The van der Waals surface area contributed by atoms with Gasteiger partial charge in [0.05, 0.1) is 12.1 Å². The Balaban J connectivity index is 1.49. The SMILES string of the molecule is CC(C)(C)CC(C)(C)OC(CNC(=O)c1ccc(N2CCC(Nc3ncccn3)CC2)cc1)C(=O)O. The van der Waals surface area contributed by atoms with Gasteiger partial charge < -0.3 is 25.4 Å². The number of benzene rings is 1. The van der Waals surface area contributed by atoms with Crippen molar-refractivity contribution in [2.24, 2.45) is 5.41 Å². The number of aliphatic carboxylic acids is 1. The van der Waals surface area contributed by atoms with E-state index in [4.69, 9.17) is 4.74 Å². The number of amides is 1. The van der Waals surface area contributed by atoms with E-state index in [1.165, 1.54) is 0 Å². The van der Waals surface area contributed by atoms with Crippen LogP contribution in [0.15, 0.2) is 42.7 Å². The monoisotopic (exact) mass is 497 g/mol. The molecule has 9 nitrogen and oxygen atoms in total. The minimum absolute atomic E-state index is 0.0142. The van der Waals surface area contributed by atoms with Crippen LogP contribution in [0.2, 0.25) is 0 Å². The predicted molar refractivity (Wildman–Crippen MR) is 140 cm³/mol. The van der Waals surface area contributed by atoms with Gasteiger partial charge in [0.1, 0.15) is 0 Å². The molecule has 1 aliphatic heterocycles. The molecule has 36 heavy (non-hydrogen) atoms. The van der Waals surface area contributed by atoms with Crippen LogP contribution in [-0.4, -0.2) is 64.3 Å². The topological polar surface area (TPSA) is 117 Å². The lowest BCUT2D eigenvalue weighted by Crippen LogP contribution is -2.44. The lowest BCUT2D eigenvalue weighted by atomic mass is 9.83. The number of carboxylic acids is 1. The lowest BCUT2D eigenvalue weighted by Gasteiger charge is -2.34. The molecule has 0 saturated carbocycles. The second-order valence-electron chi connectivity index (χ2n) is 11.2. The summed E-state index contributed by atoms with van der Waals surface area (Å²) in [7, 11) is 0. The molecule has 196 valence electrons. The van der Waals surface area contributed by atoms with Crippen molar-refractivity contribution in [3.63, 3.8) is 0 Å². The Morgan fingerprint density at radius 2 is 1.69 bits per heavy atom. The van der Waals surface area contributed by atoms with Crippen LogP contribution >= 0.6 is 0 Å². The zero-order chi connectivity index (χ0) is 26.3. The molecule has 1 aromatic heterocycles. The number of ether oxygens (including phenoxy) is 1. The highest BCUT2D eigenvalue weighted by Crippen LogP contribution is 2.30. The van der Waals surface area contributed by atoms with Crippen molar-refractivity contribution in [1.29, 1.82) is 0 Å². The molecule has 3 N–H and O–H groups in total. The van der Waals surface area contributed by atoms with Crippen LogP contribution in [-0.2, 0) is 9.53 Å². The zero-order valence-electron chi connectivity index (χ0n) is 22.0. The van der Waals surface area contributed by atoms with Gasteiger partial charge in [0.2, 0.25) is 5.95 Å². The summed E-state index contributed by atoms with van der Waals surface area (Å²) in [5.74, 6) is -0.764.